The van der Waals surface area contributed by atoms with Crippen LogP contribution in [0.4, 0.5) is 0 Å². The Kier molecular flexibility index (Phi) is 4.16. The Labute approximate surface area is 126 Å². The van der Waals surface area contributed by atoms with Crippen LogP contribution in [-0.4, -0.2) is 20.7 Å². The molecule has 1 aromatic heterocycles. The molecule has 20 heavy (non-hydrogen) atoms. The second kappa shape index (κ2) is 5.69. The second-order valence-corrected chi connectivity index (χ2v) is 4.98. The number of phenolic OH excluding ortho intramolecular Hbond substituents is 1. The van der Waals surface area contributed by atoms with Crippen molar-refractivity contribution in [2.75, 3.05) is 0 Å². The van der Waals surface area contributed by atoms with Gasteiger partial charge in [-0.2, -0.15) is 5.10 Å². The van der Waals surface area contributed by atoms with Gasteiger partial charge in [-0.3, -0.25) is 9.48 Å². The average molecular weight is 311 g/mol. The predicted molar refractivity (Wildman–Crippen MR) is 78.7 cm³/mol. The molecule has 0 saturated heterocycles. The Morgan fingerprint density at radius 2 is 2.20 bits per heavy atom. The van der Waals surface area contributed by atoms with Gasteiger partial charge in [0, 0.05) is 24.4 Å². The highest BCUT2D eigenvalue weighted by molar-refractivity contribution is 6.45. The van der Waals surface area contributed by atoms with Gasteiger partial charge in [0.05, 0.1) is 5.02 Å². The van der Waals surface area contributed by atoms with Crippen LogP contribution in [0.2, 0.25) is 10.0 Å². The van der Waals surface area contributed by atoms with E-state index in [2.05, 4.69) is 11.7 Å². The number of halogens is 2. The Hall–Kier alpha value is -1.78. The van der Waals surface area contributed by atoms with E-state index in [0.717, 1.165) is 0 Å². The van der Waals surface area contributed by atoms with Crippen molar-refractivity contribution in [1.82, 2.24) is 9.78 Å². The van der Waals surface area contributed by atoms with Crippen LogP contribution in [0.5, 0.6) is 5.75 Å². The van der Waals surface area contributed by atoms with Gasteiger partial charge in [0.2, 0.25) is 5.78 Å². The predicted octanol–water partition coefficient (Wildman–Crippen LogP) is 3.39. The van der Waals surface area contributed by atoms with E-state index in [0.29, 0.717) is 17.7 Å². The summed E-state index contributed by atoms with van der Waals surface area (Å²) >= 11 is 12.0. The quantitative estimate of drug-likeness (QED) is 0.695. The fourth-order valence-electron chi connectivity index (χ4n) is 1.88. The number of aromatic hydroxyl groups is 1. The van der Waals surface area contributed by atoms with Crippen molar-refractivity contribution in [3.63, 3.8) is 0 Å². The van der Waals surface area contributed by atoms with Gasteiger partial charge in [-0.15, -0.1) is 6.58 Å². The van der Waals surface area contributed by atoms with Crippen LogP contribution >= 0.6 is 23.2 Å². The molecule has 0 fully saturated rings. The van der Waals surface area contributed by atoms with E-state index in [4.69, 9.17) is 23.2 Å². The Balaban J connectivity index is 2.59. The number of aryl methyl sites for hydroxylation is 1. The highest BCUT2D eigenvalue weighted by Crippen LogP contribution is 2.38. The lowest BCUT2D eigenvalue weighted by Crippen LogP contribution is -2.09. The number of allylic oxidation sites excluding steroid dienone is 1. The van der Waals surface area contributed by atoms with E-state index in [-0.39, 0.29) is 27.1 Å². The number of hydrogen-bond donors (Lipinski definition) is 1. The van der Waals surface area contributed by atoms with Crippen LogP contribution in [0.3, 0.4) is 0 Å². The Morgan fingerprint density at radius 1 is 1.50 bits per heavy atom. The van der Waals surface area contributed by atoms with Crippen LogP contribution in [-0.2, 0) is 13.5 Å². The molecule has 0 radical (unpaired) electrons. The van der Waals surface area contributed by atoms with Crippen LogP contribution < -0.4 is 0 Å². The largest absolute Gasteiger partial charge is 0.506 e. The third kappa shape index (κ3) is 2.44. The van der Waals surface area contributed by atoms with Crippen molar-refractivity contribution in [2.24, 2.45) is 7.05 Å². The topological polar surface area (TPSA) is 55.1 Å². The molecule has 1 aromatic carbocycles. The molecule has 0 spiro atoms. The lowest BCUT2D eigenvalue weighted by molar-refractivity contribution is 0.103. The average Bonchev–Trinajstić information content (AvgIpc) is 2.85. The molecule has 0 aliphatic heterocycles. The van der Waals surface area contributed by atoms with E-state index >= 15 is 0 Å². The molecule has 6 heteroatoms. The van der Waals surface area contributed by atoms with Gasteiger partial charge in [0.15, 0.2) is 0 Å². The first-order chi connectivity index (χ1) is 9.47. The van der Waals surface area contributed by atoms with Crippen molar-refractivity contribution in [3.8, 4) is 5.75 Å². The summed E-state index contributed by atoms with van der Waals surface area (Å²) in [5, 5.41) is 13.9. The summed E-state index contributed by atoms with van der Waals surface area (Å²) in [5.41, 5.74) is 1.12. The van der Waals surface area contributed by atoms with Crippen molar-refractivity contribution < 1.29 is 9.90 Å². The number of nitrogens with zero attached hydrogens (tertiary/aromatic N) is 2. The maximum absolute atomic E-state index is 12.5. The second-order valence-electron chi connectivity index (χ2n) is 4.22. The molecule has 2 aromatic rings. The molecule has 0 aliphatic rings. The molecular weight excluding hydrogens is 299 g/mol. The summed E-state index contributed by atoms with van der Waals surface area (Å²) in [5.74, 6) is -0.430. The normalized spacial score (nSPS) is 10.6. The fourth-order valence-corrected chi connectivity index (χ4v) is 2.33. The van der Waals surface area contributed by atoms with Gasteiger partial charge in [-0.05, 0) is 18.6 Å². The molecule has 0 amide bonds. The standard InChI is InChI=1S/C14H12Cl2N2O2/c1-3-4-8-7-9(11(15)12(16)13(8)19)14(20)10-5-6-17-18(10)2/h3,5-7,19H,1,4H2,2H3. The lowest BCUT2D eigenvalue weighted by Gasteiger charge is -2.11. The minimum atomic E-state index is -0.304. The van der Waals surface area contributed by atoms with Crippen LogP contribution in [0.15, 0.2) is 31.0 Å². The highest BCUT2D eigenvalue weighted by atomic mass is 35.5. The first-order valence-corrected chi connectivity index (χ1v) is 6.56. The SMILES string of the molecule is C=CCc1cc(C(=O)c2ccnn2C)c(Cl)c(Cl)c1O. The Morgan fingerprint density at radius 3 is 2.75 bits per heavy atom. The van der Waals surface area contributed by atoms with E-state index < -0.39 is 0 Å². The summed E-state index contributed by atoms with van der Waals surface area (Å²) in [6.45, 7) is 3.60. The van der Waals surface area contributed by atoms with Crippen LogP contribution in [0.25, 0.3) is 0 Å². The minimum absolute atomic E-state index is 0.0307. The highest BCUT2D eigenvalue weighted by Gasteiger charge is 2.21. The van der Waals surface area contributed by atoms with E-state index in [1.807, 2.05) is 0 Å². The van der Waals surface area contributed by atoms with Crippen LogP contribution in [0.1, 0.15) is 21.6 Å². The maximum atomic E-state index is 12.5. The van der Waals surface area contributed by atoms with E-state index in [1.165, 1.54) is 16.9 Å². The number of aromatic nitrogens is 2. The first kappa shape index (κ1) is 14.6. The summed E-state index contributed by atoms with van der Waals surface area (Å²) in [7, 11) is 1.66. The van der Waals surface area contributed by atoms with Crippen LogP contribution in [0, 0.1) is 0 Å². The molecule has 4 nitrogen and oxygen atoms in total. The van der Waals surface area contributed by atoms with Gasteiger partial charge in [-0.25, -0.2) is 0 Å². The molecule has 1 N–H and O–H groups in total. The van der Waals surface area contributed by atoms with Crippen molar-refractivity contribution >= 4 is 29.0 Å². The zero-order valence-corrected chi connectivity index (χ0v) is 12.2. The summed E-state index contributed by atoms with van der Waals surface area (Å²) < 4.78 is 1.45. The number of carbonyl (C=O) groups excluding carboxylic acids is 1. The zero-order valence-electron chi connectivity index (χ0n) is 10.7. The summed E-state index contributed by atoms with van der Waals surface area (Å²) in [6, 6.07) is 3.12. The summed E-state index contributed by atoms with van der Waals surface area (Å²) in [6.07, 6.45) is 3.51. The molecule has 0 aliphatic carbocycles. The maximum Gasteiger partial charge on any atom is 0.212 e. The van der Waals surface area contributed by atoms with Gasteiger partial charge in [-0.1, -0.05) is 29.3 Å². The number of phenols is 1. The zero-order chi connectivity index (χ0) is 14.9. The molecule has 0 unspecified atom stereocenters. The van der Waals surface area contributed by atoms with E-state index in [9.17, 15) is 9.90 Å². The molecule has 0 atom stereocenters. The first-order valence-electron chi connectivity index (χ1n) is 5.80. The third-order valence-corrected chi connectivity index (χ3v) is 3.78. The van der Waals surface area contributed by atoms with Crippen molar-refractivity contribution in [2.45, 2.75) is 6.42 Å². The van der Waals surface area contributed by atoms with E-state index in [1.54, 1.807) is 19.2 Å². The monoisotopic (exact) mass is 310 g/mol. The molecule has 0 bridgehead atoms. The lowest BCUT2D eigenvalue weighted by atomic mass is 10.0. The molecule has 2 rings (SSSR count). The molecule has 1 heterocycles. The summed E-state index contributed by atoms with van der Waals surface area (Å²) in [4.78, 5) is 12.5. The van der Waals surface area contributed by atoms with Crippen molar-refractivity contribution in [3.05, 3.63) is 57.9 Å². The van der Waals surface area contributed by atoms with Gasteiger partial charge in [0.25, 0.3) is 0 Å². The Bertz CT molecular complexity index is 693. The number of ketones is 1. The van der Waals surface area contributed by atoms with Crippen molar-refractivity contribution in [1.29, 1.82) is 0 Å². The molecular formula is C14H12Cl2N2O2. The minimum Gasteiger partial charge on any atom is -0.506 e. The number of carbonyl (C=O) groups is 1. The molecule has 104 valence electrons. The number of rotatable bonds is 4. The fraction of sp³-hybridized carbons (Fsp3) is 0.143. The number of hydrogen-bond acceptors (Lipinski definition) is 3. The van der Waals surface area contributed by atoms with Gasteiger partial charge >= 0.3 is 0 Å². The molecule has 0 saturated carbocycles. The third-order valence-electron chi connectivity index (χ3n) is 2.92. The smallest absolute Gasteiger partial charge is 0.212 e. The van der Waals surface area contributed by atoms with Gasteiger partial charge < -0.3 is 5.11 Å². The van der Waals surface area contributed by atoms with Gasteiger partial charge in [0.1, 0.15) is 16.5 Å². The number of benzene rings is 1.